The number of hydrogen-bond donors (Lipinski definition) is 1. The van der Waals surface area contributed by atoms with Crippen molar-refractivity contribution in [3.8, 4) is 28.6 Å². The molecule has 9 heteroatoms. The summed E-state index contributed by atoms with van der Waals surface area (Å²) in [4.78, 5) is 12.6. The Morgan fingerprint density at radius 3 is 2.36 bits per heavy atom. The zero-order valence-corrected chi connectivity index (χ0v) is 19.6. The van der Waals surface area contributed by atoms with Crippen molar-refractivity contribution in [3.63, 3.8) is 0 Å². The van der Waals surface area contributed by atoms with Gasteiger partial charge in [-0.25, -0.2) is 0 Å². The molecule has 4 rings (SSSR count). The molecule has 0 spiro atoms. The quantitative estimate of drug-likeness (QED) is 0.387. The van der Waals surface area contributed by atoms with Gasteiger partial charge >= 0.3 is 0 Å². The maximum atomic E-state index is 12.6. The van der Waals surface area contributed by atoms with Crippen LogP contribution in [0.1, 0.15) is 0 Å². The fourth-order valence-corrected chi connectivity index (χ4v) is 4.26. The monoisotopic (exact) mass is 464 g/mol. The summed E-state index contributed by atoms with van der Waals surface area (Å²) in [6.07, 6.45) is 0. The molecule has 1 aromatic heterocycles. The molecule has 4 aromatic rings. The molecule has 33 heavy (non-hydrogen) atoms. The van der Waals surface area contributed by atoms with Gasteiger partial charge in [0.25, 0.3) is 0 Å². The highest BCUT2D eigenvalue weighted by Gasteiger charge is 2.19. The van der Waals surface area contributed by atoms with Crippen LogP contribution in [0.25, 0.3) is 22.2 Å². The van der Waals surface area contributed by atoms with Crippen LogP contribution in [0.3, 0.4) is 0 Å². The lowest BCUT2D eigenvalue weighted by molar-refractivity contribution is -0.113. The summed E-state index contributed by atoms with van der Waals surface area (Å²) in [6, 6.07) is 17.4. The second-order valence-corrected chi connectivity index (χ2v) is 8.09. The number of carbonyl (C=O) groups excluding carboxylic acids is 1. The van der Waals surface area contributed by atoms with Gasteiger partial charge in [-0.1, -0.05) is 48.2 Å². The topological polar surface area (TPSA) is 87.5 Å². The van der Waals surface area contributed by atoms with Crippen molar-refractivity contribution in [1.29, 1.82) is 0 Å². The molecule has 0 saturated carbocycles. The Bertz CT molecular complexity index is 1270. The lowest BCUT2D eigenvalue weighted by atomic mass is 10.1. The van der Waals surface area contributed by atoms with Crippen LogP contribution in [0.5, 0.6) is 17.2 Å². The standard InChI is InChI=1S/C24H24N4O4S/c1-28-23(16-12-19(30-2)22(32-4)20(13-16)31-3)26-27-24(28)33-14-21(29)25-18-11-7-9-15-8-5-6-10-17(15)18/h5-13H,14H2,1-4H3,(H,25,29). The molecule has 8 nitrogen and oxygen atoms in total. The number of carbonyl (C=O) groups is 1. The highest BCUT2D eigenvalue weighted by atomic mass is 32.2. The van der Waals surface area contributed by atoms with Crippen LogP contribution < -0.4 is 19.5 Å². The minimum Gasteiger partial charge on any atom is -0.493 e. The van der Waals surface area contributed by atoms with Gasteiger partial charge in [0.15, 0.2) is 22.5 Å². The van der Waals surface area contributed by atoms with Gasteiger partial charge in [-0.2, -0.15) is 0 Å². The normalized spacial score (nSPS) is 10.8. The molecule has 0 bridgehead atoms. The van der Waals surface area contributed by atoms with E-state index in [1.807, 2.05) is 66.2 Å². The summed E-state index contributed by atoms with van der Waals surface area (Å²) >= 11 is 1.31. The van der Waals surface area contributed by atoms with Crippen molar-refractivity contribution in [1.82, 2.24) is 14.8 Å². The summed E-state index contributed by atoms with van der Waals surface area (Å²) in [6.45, 7) is 0. The van der Waals surface area contributed by atoms with Crippen molar-refractivity contribution in [3.05, 3.63) is 54.6 Å². The van der Waals surface area contributed by atoms with E-state index in [0.717, 1.165) is 22.0 Å². The lowest BCUT2D eigenvalue weighted by Gasteiger charge is -2.14. The smallest absolute Gasteiger partial charge is 0.234 e. The number of hydrogen-bond acceptors (Lipinski definition) is 7. The number of benzene rings is 3. The second-order valence-electron chi connectivity index (χ2n) is 7.14. The van der Waals surface area contributed by atoms with Crippen LogP contribution in [-0.4, -0.2) is 47.8 Å². The third-order valence-electron chi connectivity index (χ3n) is 5.15. The maximum Gasteiger partial charge on any atom is 0.234 e. The second kappa shape index (κ2) is 9.83. The van der Waals surface area contributed by atoms with Crippen LogP contribution >= 0.6 is 11.8 Å². The number of nitrogens with zero attached hydrogens (tertiary/aromatic N) is 3. The van der Waals surface area contributed by atoms with Crippen LogP contribution in [0.4, 0.5) is 5.69 Å². The Labute approximate surface area is 195 Å². The van der Waals surface area contributed by atoms with Gasteiger partial charge in [-0.05, 0) is 23.6 Å². The number of anilines is 1. The Hall–Kier alpha value is -3.72. The number of ether oxygens (including phenoxy) is 3. The molecule has 3 aromatic carbocycles. The molecule has 0 fully saturated rings. The number of rotatable bonds is 8. The molecule has 1 heterocycles. The summed E-state index contributed by atoms with van der Waals surface area (Å²) in [5.41, 5.74) is 1.54. The highest BCUT2D eigenvalue weighted by Crippen LogP contribution is 2.41. The number of aromatic nitrogens is 3. The van der Waals surface area contributed by atoms with Gasteiger partial charge < -0.3 is 24.1 Å². The molecule has 1 N–H and O–H groups in total. The molecule has 0 aliphatic rings. The van der Waals surface area contributed by atoms with Crippen LogP contribution in [0.2, 0.25) is 0 Å². The molecule has 1 amide bonds. The Morgan fingerprint density at radius 2 is 1.67 bits per heavy atom. The van der Waals surface area contributed by atoms with Crippen LogP contribution in [-0.2, 0) is 11.8 Å². The van der Waals surface area contributed by atoms with E-state index in [1.165, 1.54) is 11.8 Å². The van der Waals surface area contributed by atoms with E-state index in [0.29, 0.717) is 28.2 Å². The van der Waals surface area contributed by atoms with E-state index in [2.05, 4.69) is 15.5 Å². The van der Waals surface area contributed by atoms with Gasteiger partial charge in [0, 0.05) is 23.7 Å². The van der Waals surface area contributed by atoms with Gasteiger partial charge in [-0.15, -0.1) is 10.2 Å². The number of thioether (sulfide) groups is 1. The van der Waals surface area contributed by atoms with E-state index in [1.54, 1.807) is 21.3 Å². The van der Waals surface area contributed by atoms with Crippen molar-refractivity contribution >= 4 is 34.1 Å². The SMILES string of the molecule is COc1cc(-c2nnc(SCC(=O)Nc3cccc4ccccc34)n2C)cc(OC)c1OC. The van der Waals surface area contributed by atoms with Gasteiger partial charge in [0.05, 0.1) is 27.1 Å². The summed E-state index contributed by atoms with van der Waals surface area (Å²) < 4.78 is 18.1. The molecule has 0 unspecified atom stereocenters. The highest BCUT2D eigenvalue weighted by molar-refractivity contribution is 7.99. The van der Waals surface area contributed by atoms with Crippen molar-refractivity contribution in [2.75, 3.05) is 32.4 Å². The van der Waals surface area contributed by atoms with E-state index in [-0.39, 0.29) is 11.7 Å². The molecule has 0 aliphatic heterocycles. The van der Waals surface area contributed by atoms with E-state index in [4.69, 9.17) is 14.2 Å². The lowest BCUT2D eigenvalue weighted by Crippen LogP contribution is -2.14. The average Bonchev–Trinajstić information content (AvgIpc) is 3.22. The largest absolute Gasteiger partial charge is 0.493 e. The fourth-order valence-electron chi connectivity index (χ4n) is 3.55. The maximum absolute atomic E-state index is 12.6. The molecule has 0 aliphatic carbocycles. The Morgan fingerprint density at radius 1 is 0.970 bits per heavy atom. The van der Waals surface area contributed by atoms with E-state index >= 15 is 0 Å². The third kappa shape index (κ3) is 4.58. The van der Waals surface area contributed by atoms with Crippen LogP contribution in [0.15, 0.2) is 59.8 Å². The summed E-state index contributed by atoms with van der Waals surface area (Å²) in [5, 5.41) is 14.2. The minimum absolute atomic E-state index is 0.117. The Kier molecular flexibility index (Phi) is 6.69. The van der Waals surface area contributed by atoms with E-state index < -0.39 is 0 Å². The minimum atomic E-state index is -0.117. The summed E-state index contributed by atoms with van der Waals surface area (Å²) in [5.74, 6) is 2.26. The molecule has 170 valence electrons. The molecular formula is C24H24N4O4S. The predicted octanol–water partition coefficient (Wildman–Crippen LogP) is 4.39. The van der Waals surface area contributed by atoms with E-state index in [9.17, 15) is 4.79 Å². The first-order valence-corrected chi connectivity index (χ1v) is 11.1. The molecule has 0 saturated heterocycles. The van der Waals surface area contributed by atoms with Crippen molar-refractivity contribution in [2.45, 2.75) is 5.16 Å². The van der Waals surface area contributed by atoms with Crippen LogP contribution in [0, 0.1) is 0 Å². The number of methoxy groups -OCH3 is 3. The number of nitrogens with one attached hydrogen (secondary N) is 1. The predicted molar refractivity (Wildman–Crippen MR) is 129 cm³/mol. The first-order valence-electron chi connectivity index (χ1n) is 10.2. The van der Waals surface area contributed by atoms with Gasteiger partial charge in [-0.3, -0.25) is 4.79 Å². The van der Waals surface area contributed by atoms with Crippen molar-refractivity contribution < 1.29 is 19.0 Å². The zero-order valence-electron chi connectivity index (χ0n) is 18.8. The van der Waals surface area contributed by atoms with Gasteiger partial charge in [0.2, 0.25) is 11.7 Å². The number of fused-ring (bicyclic) bond motifs is 1. The molecule has 0 atom stereocenters. The fraction of sp³-hybridized carbons (Fsp3) is 0.208. The Balaban J connectivity index is 1.50. The van der Waals surface area contributed by atoms with Gasteiger partial charge in [0.1, 0.15) is 0 Å². The van der Waals surface area contributed by atoms with Crippen molar-refractivity contribution in [2.24, 2.45) is 7.05 Å². The zero-order chi connectivity index (χ0) is 23.4. The molecular weight excluding hydrogens is 440 g/mol. The first kappa shape index (κ1) is 22.5. The summed E-state index contributed by atoms with van der Waals surface area (Å²) in [7, 11) is 6.53. The first-order chi connectivity index (χ1) is 16.0. The average molecular weight is 465 g/mol. The molecule has 0 radical (unpaired) electrons. The third-order valence-corrected chi connectivity index (χ3v) is 6.17. The number of amides is 1.